The van der Waals surface area contributed by atoms with Crippen LogP contribution in [0.4, 0.5) is 0 Å². The van der Waals surface area contributed by atoms with Crippen LogP contribution in [0.1, 0.15) is 72.9 Å². The molecule has 0 amide bonds. The summed E-state index contributed by atoms with van der Waals surface area (Å²) in [5.74, 6) is -0.0444. The summed E-state index contributed by atoms with van der Waals surface area (Å²) in [6, 6.07) is 36.3. The van der Waals surface area contributed by atoms with Crippen molar-refractivity contribution >= 4 is 32.1 Å². The van der Waals surface area contributed by atoms with Crippen LogP contribution in [0.3, 0.4) is 0 Å². The minimum absolute atomic E-state index is 0.0444. The zero-order valence-corrected chi connectivity index (χ0v) is 24.0. The predicted octanol–water partition coefficient (Wildman–Crippen LogP) is 9.21. The molecule has 40 heavy (non-hydrogen) atoms. The molecule has 0 N–H and O–H groups in total. The van der Waals surface area contributed by atoms with Crippen molar-refractivity contribution in [3.63, 3.8) is 0 Å². The topological polar surface area (TPSA) is 39.1 Å². The van der Waals surface area contributed by atoms with Gasteiger partial charge in [0, 0.05) is 16.9 Å². The molecule has 0 fully saturated rings. The molecule has 1 aromatic heterocycles. The van der Waals surface area contributed by atoms with Gasteiger partial charge in [0.25, 0.3) is 10.0 Å². The lowest BCUT2D eigenvalue weighted by Gasteiger charge is -2.21. The van der Waals surface area contributed by atoms with Gasteiger partial charge in [-0.25, -0.2) is 12.4 Å². The van der Waals surface area contributed by atoms with E-state index in [4.69, 9.17) is 0 Å². The molecule has 0 saturated carbocycles. The summed E-state index contributed by atoms with van der Waals surface area (Å²) in [5.41, 5.74) is 8.38. The average Bonchev–Trinajstić information content (AvgIpc) is 3.49. The Hall–Kier alpha value is -3.89. The third-order valence-corrected chi connectivity index (χ3v) is 9.86. The van der Waals surface area contributed by atoms with Crippen LogP contribution < -0.4 is 0 Å². The maximum absolute atomic E-state index is 14.5. The van der Waals surface area contributed by atoms with E-state index in [1.165, 1.54) is 12.0 Å². The number of benzene rings is 4. The lowest BCUT2D eigenvalue weighted by Crippen LogP contribution is -2.18. The van der Waals surface area contributed by atoms with Crippen molar-refractivity contribution in [3.8, 4) is 0 Å². The molecule has 5 aromatic rings. The lowest BCUT2D eigenvalue weighted by molar-refractivity contribution is 0.578. The van der Waals surface area contributed by atoms with Crippen LogP contribution in [0.15, 0.2) is 114 Å². The van der Waals surface area contributed by atoms with E-state index in [0.29, 0.717) is 4.90 Å². The summed E-state index contributed by atoms with van der Waals surface area (Å²) in [5, 5.41) is 0.983. The first-order chi connectivity index (χ1) is 19.5. The van der Waals surface area contributed by atoms with Crippen LogP contribution in [0, 0.1) is 6.92 Å². The monoisotopic (exact) mass is 545 g/mol. The van der Waals surface area contributed by atoms with Crippen LogP contribution in [-0.2, 0) is 10.0 Å². The quantitative estimate of drug-likeness (QED) is 0.173. The highest BCUT2D eigenvalue weighted by Gasteiger charge is 2.40. The second-order valence-corrected chi connectivity index (χ2v) is 12.6. The molecule has 1 aliphatic rings. The van der Waals surface area contributed by atoms with Crippen molar-refractivity contribution in [2.75, 3.05) is 0 Å². The van der Waals surface area contributed by atoms with E-state index >= 15 is 0 Å². The van der Waals surface area contributed by atoms with Gasteiger partial charge >= 0.3 is 0 Å². The summed E-state index contributed by atoms with van der Waals surface area (Å²) >= 11 is 0. The van der Waals surface area contributed by atoms with E-state index in [-0.39, 0.29) is 5.92 Å². The van der Waals surface area contributed by atoms with E-state index in [0.717, 1.165) is 70.1 Å². The maximum atomic E-state index is 14.5. The Morgan fingerprint density at radius 1 is 0.700 bits per heavy atom. The van der Waals surface area contributed by atoms with Gasteiger partial charge in [-0.15, -0.1) is 0 Å². The smallest absolute Gasteiger partial charge is 0.237 e. The Labute approximate surface area is 237 Å². The minimum atomic E-state index is -3.85. The highest BCUT2D eigenvalue weighted by molar-refractivity contribution is 7.90. The van der Waals surface area contributed by atoms with Crippen LogP contribution >= 0.6 is 0 Å². The predicted molar refractivity (Wildman–Crippen MR) is 166 cm³/mol. The summed E-state index contributed by atoms with van der Waals surface area (Å²) in [6.07, 6.45) is 5.42. The van der Waals surface area contributed by atoms with Gasteiger partial charge in [0.2, 0.25) is 0 Å². The second kappa shape index (κ2) is 10.9. The number of aryl methyl sites for hydroxylation is 1. The number of hydrogen-bond acceptors (Lipinski definition) is 2. The molecule has 6 rings (SSSR count). The zero-order chi connectivity index (χ0) is 27.7. The third-order valence-electron chi connectivity index (χ3n) is 8.12. The molecule has 1 aliphatic carbocycles. The molecule has 202 valence electrons. The van der Waals surface area contributed by atoms with Gasteiger partial charge in [0.1, 0.15) is 0 Å². The molecular weight excluding hydrogens is 510 g/mol. The second-order valence-electron chi connectivity index (χ2n) is 10.8. The van der Waals surface area contributed by atoms with Crippen LogP contribution in [0.25, 0.3) is 22.0 Å². The lowest BCUT2D eigenvalue weighted by atomic mass is 9.87. The van der Waals surface area contributed by atoms with E-state index in [1.807, 2.05) is 49.4 Å². The fourth-order valence-electron chi connectivity index (χ4n) is 6.25. The van der Waals surface area contributed by atoms with Crippen LogP contribution in [0.5, 0.6) is 0 Å². The first-order valence-corrected chi connectivity index (χ1v) is 15.8. The van der Waals surface area contributed by atoms with Crippen molar-refractivity contribution in [2.45, 2.75) is 56.8 Å². The number of unbranched alkanes of at least 4 members (excludes halogenated alkanes) is 3. The highest BCUT2D eigenvalue weighted by Crippen LogP contribution is 2.55. The van der Waals surface area contributed by atoms with Gasteiger partial charge in [-0.05, 0) is 53.8 Å². The fourth-order valence-corrected chi connectivity index (χ4v) is 7.84. The Balaban J connectivity index is 1.69. The van der Waals surface area contributed by atoms with Crippen molar-refractivity contribution in [1.82, 2.24) is 3.97 Å². The van der Waals surface area contributed by atoms with E-state index in [9.17, 15) is 8.42 Å². The standard InChI is InChI=1S/C36H35NO2S/c1-3-4-5-12-20-31-33(27-15-8-6-9-16-27)34(28-17-10-7-11-18-28)35-30-19-13-14-21-32(30)37(36(31)35)40(38,39)29-24-22-26(2)23-25-29/h6-11,13-19,21-25,31H,3-5,12,20H2,1-2H3. The number of nitrogens with zero attached hydrogens (tertiary/aromatic N) is 1. The molecule has 0 saturated heterocycles. The summed E-state index contributed by atoms with van der Waals surface area (Å²) < 4.78 is 30.7. The zero-order valence-electron chi connectivity index (χ0n) is 23.2. The SMILES string of the molecule is CCCCCCC1C(c2ccccc2)=C(c2ccccc2)c2c1n(S(=O)(=O)c1ccc(C)cc1)c1ccccc21. The van der Waals surface area contributed by atoms with Crippen molar-refractivity contribution in [3.05, 3.63) is 137 Å². The number of fused-ring (bicyclic) bond motifs is 3. The summed E-state index contributed by atoms with van der Waals surface area (Å²) in [4.78, 5) is 0.320. The number of aromatic nitrogens is 1. The van der Waals surface area contributed by atoms with Crippen LogP contribution in [0.2, 0.25) is 0 Å². The van der Waals surface area contributed by atoms with Gasteiger partial charge in [0.15, 0.2) is 0 Å². The average molecular weight is 546 g/mol. The molecule has 4 heteroatoms. The Morgan fingerprint density at radius 3 is 2.00 bits per heavy atom. The molecule has 0 bridgehead atoms. The molecule has 0 radical (unpaired) electrons. The molecule has 0 spiro atoms. The summed E-state index contributed by atoms with van der Waals surface area (Å²) in [6.45, 7) is 4.20. The Bertz CT molecular complexity index is 1780. The Morgan fingerprint density at radius 2 is 1.32 bits per heavy atom. The molecular formula is C36H35NO2S. The molecule has 3 nitrogen and oxygen atoms in total. The van der Waals surface area contributed by atoms with E-state index in [1.54, 1.807) is 16.1 Å². The molecule has 4 aromatic carbocycles. The first kappa shape index (κ1) is 26.3. The first-order valence-electron chi connectivity index (χ1n) is 14.3. The fraction of sp³-hybridized carbons (Fsp3) is 0.222. The number of rotatable bonds is 9. The molecule has 1 heterocycles. The van der Waals surface area contributed by atoms with Gasteiger partial charge in [-0.1, -0.05) is 129 Å². The number of allylic oxidation sites excluding steroid dienone is 1. The largest absolute Gasteiger partial charge is 0.268 e. The molecule has 0 aliphatic heterocycles. The van der Waals surface area contributed by atoms with Crippen molar-refractivity contribution < 1.29 is 8.42 Å². The molecule has 1 unspecified atom stereocenters. The van der Waals surface area contributed by atoms with Gasteiger partial charge in [-0.3, -0.25) is 0 Å². The van der Waals surface area contributed by atoms with Gasteiger partial charge in [0.05, 0.1) is 16.1 Å². The minimum Gasteiger partial charge on any atom is -0.237 e. The maximum Gasteiger partial charge on any atom is 0.268 e. The van der Waals surface area contributed by atoms with Crippen molar-refractivity contribution in [2.24, 2.45) is 0 Å². The highest BCUT2D eigenvalue weighted by atomic mass is 32.2. The Kier molecular flexibility index (Phi) is 7.20. The van der Waals surface area contributed by atoms with Gasteiger partial charge in [-0.2, -0.15) is 0 Å². The molecule has 1 atom stereocenters. The van der Waals surface area contributed by atoms with E-state index < -0.39 is 10.0 Å². The van der Waals surface area contributed by atoms with E-state index in [2.05, 4.69) is 61.5 Å². The number of hydrogen-bond donors (Lipinski definition) is 0. The van der Waals surface area contributed by atoms with Crippen molar-refractivity contribution in [1.29, 1.82) is 0 Å². The third kappa shape index (κ3) is 4.50. The summed E-state index contributed by atoms with van der Waals surface area (Å²) in [7, 11) is -3.85. The van der Waals surface area contributed by atoms with Gasteiger partial charge < -0.3 is 0 Å². The normalized spacial score (nSPS) is 15.1. The van der Waals surface area contributed by atoms with Crippen LogP contribution in [-0.4, -0.2) is 12.4 Å². The number of para-hydroxylation sites is 1.